The SMILES string of the molecule is COC(=O)c1[nH]c(C)cc1NC(=O)c1cc(-c2ccccc2)nc2c1c(C)nn2C. The molecule has 30 heavy (non-hydrogen) atoms. The van der Waals surface area contributed by atoms with Gasteiger partial charge in [0, 0.05) is 18.3 Å². The summed E-state index contributed by atoms with van der Waals surface area (Å²) in [6.07, 6.45) is 0. The molecule has 3 aromatic heterocycles. The van der Waals surface area contributed by atoms with Crippen LogP contribution in [0.15, 0.2) is 42.5 Å². The third kappa shape index (κ3) is 3.32. The Kier molecular flexibility index (Phi) is 4.83. The van der Waals surface area contributed by atoms with Crippen LogP contribution in [0, 0.1) is 13.8 Å². The van der Waals surface area contributed by atoms with Crippen LogP contribution in [-0.4, -0.2) is 38.7 Å². The minimum absolute atomic E-state index is 0.194. The molecule has 0 bridgehead atoms. The lowest BCUT2D eigenvalue weighted by atomic mass is 10.0. The van der Waals surface area contributed by atoms with E-state index >= 15 is 0 Å². The summed E-state index contributed by atoms with van der Waals surface area (Å²) in [6, 6.07) is 13.1. The number of nitrogens with zero attached hydrogens (tertiary/aromatic N) is 3. The van der Waals surface area contributed by atoms with Gasteiger partial charge in [-0.15, -0.1) is 0 Å². The number of amides is 1. The maximum Gasteiger partial charge on any atom is 0.356 e. The minimum Gasteiger partial charge on any atom is -0.464 e. The summed E-state index contributed by atoms with van der Waals surface area (Å²) in [5.74, 6) is -0.916. The number of hydrogen-bond donors (Lipinski definition) is 2. The van der Waals surface area contributed by atoms with E-state index in [0.717, 1.165) is 11.3 Å². The Morgan fingerprint density at radius 1 is 1.13 bits per heavy atom. The molecule has 0 spiro atoms. The number of anilines is 1. The zero-order valence-corrected chi connectivity index (χ0v) is 17.1. The van der Waals surface area contributed by atoms with Crippen LogP contribution < -0.4 is 5.32 Å². The monoisotopic (exact) mass is 403 g/mol. The number of nitrogens with one attached hydrogen (secondary N) is 2. The minimum atomic E-state index is -0.555. The number of aromatic nitrogens is 4. The number of fused-ring (bicyclic) bond motifs is 1. The predicted octanol–water partition coefficient (Wildman–Crippen LogP) is 3.62. The fraction of sp³-hybridized carbons (Fsp3) is 0.182. The number of methoxy groups -OCH3 is 1. The van der Waals surface area contributed by atoms with E-state index in [1.54, 1.807) is 30.8 Å². The molecule has 152 valence electrons. The summed E-state index contributed by atoms with van der Waals surface area (Å²) in [5.41, 5.74) is 4.57. The standard InChI is InChI=1S/C22H21N5O3/c1-12-10-17(19(23-12)22(29)30-4)25-21(28)15-11-16(14-8-6-5-7-9-14)24-20-18(15)13(2)26-27(20)3/h5-11,23H,1-4H3,(H,25,28). The number of benzene rings is 1. The van der Waals surface area contributed by atoms with E-state index in [1.165, 1.54) is 7.11 Å². The number of ether oxygens (including phenoxy) is 1. The van der Waals surface area contributed by atoms with Gasteiger partial charge >= 0.3 is 5.97 Å². The molecule has 0 saturated carbocycles. The van der Waals surface area contributed by atoms with Crippen molar-refractivity contribution in [3.05, 3.63) is 65.1 Å². The highest BCUT2D eigenvalue weighted by atomic mass is 16.5. The number of pyridine rings is 1. The Bertz CT molecular complexity index is 1270. The van der Waals surface area contributed by atoms with Crippen molar-refractivity contribution in [3.63, 3.8) is 0 Å². The molecule has 0 atom stereocenters. The lowest BCUT2D eigenvalue weighted by molar-refractivity contribution is 0.0596. The van der Waals surface area contributed by atoms with Crippen molar-refractivity contribution in [1.29, 1.82) is 0 Å². The van der Waals surface area contributed by atoms with Crippen molar-refractivity contribution in [1.82, 2.24) is 19.7 Å². The Labute approximate surface area is 172 Å². The maximum absolute atomic E-state index is 13.3. The van der Waals surface area contributed by atoms with E-state index in [0.29, 0.717) is 33.7 Å². The molecule has 0 unspecified atom stereocenters. The van der Waals surface area contributed by atoms with Gasteiger partial charge < -0.3 is 15.0 Å². The Morgan fingerprint density at radius 3 is 2.57 bits per heavy atom. The lowest BCUT2D eigenvalue weighted by Crippen LogP contribution is -2.15. The normalized spacial score (nSPS) is 10.9. The van der Waals surface area contributed by atoms with Gasteiger partial charge in [-0.25, -0.2) is 9.78 Å². The van der Waals surface area contributed by atoms with Crippen molar-refractivity contribution in [3.8, 4) is 11.3 Å². The molecule has 0 aliphatic carbocycles. The van der Waals surface area contributed by atoms with Crippen LogP contribution in [0.1, 0.15) is 32.2 Å². The average molecular weight is 403 g/mol. The first-order valence-electron chi connectivity index (χ1n) is 9.38. The molecule has 0 fully saturated rings. The van der Waals surface area contributed by atoms with Gasteiger partial charge in [-0.3, -0.25) is 9.48 Å². The number of rotatable bonds is 4. The molecule has 0 aliphatic heterocycles. The van der Waals surface area contributed by atoms with Crippen molar-refractivity contribution < 1.29 is 14.3 Å². The average Bonchev–Trinajstić information content (AvgIpc) is 3.26. The maximum atomic E-state index is 13.3. The Balaban J connectivity index is 1.84. The smallest absolute Gasteiger partial charge is 0.356 e. The first-order valence-corrected chi connectivity index (χ1v) is 9.38. The summed E-state index contributed by atoms with van der Waals surface area (Å²) in [5, 5.41) is 7.93. The molecule has 4 rings (SSSR count). The second-order valence-electron chi connectivity index (χ2n) is 7.02. The van der Waals surface area contributed by atoms with Gasteiger partial charge in [0.2, 0.25) is 0 Å². The number of aromatic amines is 1. The van der Waals surface area contributed by atoms with Gasteiger partial charge in [0.1, 0.15) is 5.69 Å². The summed E-state index contributed by atoms with van der Waals surface area (Å²) in [4.78, 5) is 33.0. The van der Waals surface area contributed by atoms with Crippen molar-refractivity contribution in [2.24, 2.45) is 7.05 Å². The molecule has 3 heterocycles. The van der Waals surface area contributed by atoms with Crippen LogP contribution in [0.3, 0.4) is 0 Å². The van der Waals surface area contributed by atoms with E-state index < -0.39 is 5.97 Å². The first-order chi connectivity index (χ1) is 14.4. The lowest BCUT2D eigenvalue weighted by Gasteiger charge is -2.10. The highest BCUT2D eigenvalue weighted by Gasteiger charge is 2.22. The number of aryl methyl sites for hydroxylation is 3. The highest BCUT2D eigenvalue weighted by Crippen LogP contribution is 2.28. The largest absolute Gasteiger partial charge is 0.464 e. The van der Waals surface area contributed by atoms with Crippen LogP contribution in [-0.2, 0) is 11.8 Å². The van der Waals surface area contributed by atoms with Crippen LogP contribution in [0.5, 0.6) is 0 Å². The zero-order chi connectivity index (χ0) is 21.4. The summed E-state index contributed by atoms with van der Waals surface area (Å²) < 4.78 is 6.46. The summed E-state index contributed by atoms with van der Waals surface area (Å²) >= 11 is 0. The predicted molar refractivity (Wildman–Crippen MR) is 114 cm³/mol. The van der Waals surface area contributed by atoms with Gasteiger partial charge in [-0.2, -0.15) is 5.10 Å². The molecule has 8 nitrogen and oxygen atoms in total. The van der Waals surface area contributed by atoms with Gasteiger partial charge in [0.05, 0.1) is 35.1 Å². The molecular formula is C22H21N5O3. The fourth-order valence-electron chi connectivity index (χ4n) is 3.52. The summed E-state index contributed by atoms with van der Waals surface area (Å²) in [7, 11) is 3.09. The molecule has 0 aliphatic rings. The third-order valence-electron chi connectivity index (χ3n) is 4.87. The van der Waals surface area contributed by atoms with Crippen LogP contribution >= 0.6 is 0 Å². The van der Waals surface area contributed by atoms with Crippen LogP contribution in [0.4, 0.5) is 5.69 Å². The van der Waals surface area contributed by atoms with E-state index in [4.69, 9.17) is 9.72 Å². The Morgan fingerprint density at radius 2 is 1.87 bits per heavy atom. The quantitative estimate of drug-likeness (QED) is 0.507. The number of hydrogen-bond acceptors (Lipinski definition) is 5. The second-order valence-corrected chi connectivity index (χ2v) is 7.02. The molecule has 0 saturated heterocycles. The van der Waals surface area contributed by atoms with Gasteiger partial charge in [-0.1, -0.05) is 30.3 Å². The molecule has 2 N–H and O–H groups in total. The molecule has 1 aromatic carbocycles. The van der Waals surface area contributed by atoms with Crippen LogP contribution in [0.2, 0.25) is 0 Å². The second kappa shape index (κ2) is 7.47. The van der Waals surface area contributed by atoms with E-state index in [2.05, 4.69) is 15.4 Å². The molecule has 4 aromatic rings. The first kappa shape index (κ1) is 19.4. The fourth-order valence-corrected chi connectivity index (χ4v) is 3.52. The van der Waals surface area contributed by atoms with E-state index in [9.17, 15) is 9.59 Å². The number of H-pyrrole nitrogens is 1. The number of carbonyl (C=O) groups is 2. The van der Waals surface area contributed by atoms with Gasteiger partial charge in [0.25, 0.3) is 5.91 Å². The third-order valence-corrected chi connectivity index (χ3v) is 4.87. The van der Waals surface area contributed by atoms with Crippen molar-refractivity contribution in [2.45, 2.75) is 13.8 Å². The molecule has 8 heteroatoms. The van der Waals surface area contributed by atoms with Crippen molar-refractivity contribution in [2.75, 3.05) is 12.4 Å². The van der Waals surface area contributed by atoms with E-state index in [1.807, 2.05) is 37.3 Å². The molecule has 1 amide bonds. The highest BCUT2D eigenvalue weighted by molar-refractivity contribution is 6.14. The van der Waals surface area contributed by atoms with Gasteiger partial charge in [-0.05, 0) is 26.0 Å². The van der Waals surface area contributed by atoms with Crippen LogP contribution in [0.25, 0.3) is 22.3 Å². The number of carbonyl (C=O) groups excluding carboxylic acids is 2. The zero-order valence-electron chi connectivity index (χ0n) is 17.1. The van der Waals surface area contributed by atoms with Crippen molar-refractivity contribution >= 4 is 28.6 Å². The topological polar surface area (TPSA) is 102 Å². The van der Waals surface area contributed by atoms with E-state index in [-0.39, 0.29) is 11.6 Å². The molecular weight excluding hydrogens is 382 g/mol. The van der Waals surface area contributed by atoms with Gasteiger partial charge in [0.15, 0.2) is 5.65 Å². The molecule has 0 radical (unpaired) electrons. The summed E-state index contributed by atoms with van der Waals surface area (Å²) in [6.45, 7) is 3.63. The Hall–Kier alpha value is -3.94. The number of esters is 1.